The molecule has 0 saturated heterocycles. The van der Waals surface area contributed by atoms with Crippen molar-refractivity contribution in [1.82, 2.24) is 0 Å². The molecule has 0 bridgehead atoms. The molecule has 2 aliphatic carbocycles. The van der Waals surface area contributed by atoms with E-state index in [0.717, 1.165) is 9.84 Å². The minimum Gasteiger partial charge on any atom is -0.0823 e. The highest BCUT2D eigenvalue weighted by molar-refractivity contribution is 14.1. The van der Waals surface area contributed by atoms with Gasteiger partial charge in [0.2, 0.25) is 0 Å². The van der Waals surface area contributed by atoms with Gasteiger partial charge in [0.1, 0.15) is 0 Å². The summed E-state index contributed by atoms with van der Waals surface area (Å²) in [6.07, 6.45) is 6.29. The summed E-state index contributed by atoms with van der Waals surface area (Å²) in [6, 6.07) is 0. The van der Waals surface area contributed by atoms with Crippen LogP contribution in [0.4, 0.5) is 0 Å². The predicted molar refractivity (Wildman–Crippen MR) is 97.8 cm³/mol. The zero-order valence-corrected chi connectivity index (χ0v) is 16.0. The Hall–Kier alpha value is 0.680. The van der Waals surface area contributed by atoms with Gasteiger partial charge >= 0.3 is 0 Å². The molecule has 3 atom stereocenters. The summed E-state index contributed by atoms with van der Waals surface area (Å²) in [4.78, 5) is 0. The minimum atomic E-state index is 0.684. The topological polar surface area (TPSA) is 0 Å². The van der Waals surface area contributed by atoms with E-state index < -0.39 is 0 Å². The maximum Gasteiger partial charge on any atom is 0.0332 e. The molecule has 2 heteroatoms. The summed E-state index contributed by atoms with van der Waals surface area (Å²) in [5.41, 5.74) is 7.99. The third-order valence-corrected chi connectivity index (χ3v) is 5.86. The van der Waals surface area contributed by atoms with Gasteiger partial charge in [-0.15, -0.1) is 0 Å². The Morgan fingerprint density at radius 2 is 1.72 bits per heavy atom. The Morgan fingerprint density at radius 3 is 2.28 bits per heavy atom. The average molecular weight is 468 g/mol. The highest BCUT2D eigenvalue weighted by Gasteiger charge is 2.28. The van der Waals surface area contributed by atoms with Crippen molar-refractivity contribution in [3.8, 4) is 0 Å². The van der Waals surface area contributed by atoms with Gasteiger partial charge in [-0.1, -0.05) is 69.3 Å². The lowest BCUT2D eigenvalue weighted by atomic mass is 9.75. The molecule has 3 unspecified atom stereocenters. The van der Waals surface area contributed by atoms with Crippen molar-refractivity contribution in [2.45, 2.75) is 54.8 Å². The lowest BCUT2D eigenvalue weighted by Gasteiger charge is -2.33. The second-order valence-corrected chi connectivity index (χ2v) is 9.22. The van der Waals surface area contributed by atoms with Gasteiger partial charge in [-0.25, -0.2) is 0 Å². The number of alkyl halides is 2. The molecule has 0 aromatic carbocycles. The molecule has 0 fully saturated rings. The van der Waals surface area contributed by atoms with Crippen molar-refractivity contribution < 1.29 is 0 Å². The predicted octanol–water partition coefficient (Wildman–Crippen LogP) is 6.01. The van der Waals surface area contributed by atoms with Crippen LogP contribution in [0.2, 0.25) is 0 Å². The van der Waals surface area contributed by atoms with E-state index in [0.29, 0.717) is 3.92 Å². The average Bonchev–Trinajstić information content (AvgIpc) is 2.20. The van der Waals surface area contributed by atoms with Crippen LogP contribution < -0.4 is 0 Å². The molecule has 0 nitrogen and oxygen atoms in total. The molecule has 18 heavy (non-hydrogen) atoms. The number of halogens is 2. The van der Waals surface area contributed by atoms with Crippen LogP contribution in [0.3, 0.4) is 0 Å². The van der Waals surface area contributed by atoms with Gasteiger partial charge in [-0.3, -0.25) is 0 Å². The van der Waals surface area contributed by atoms with E-state index in [1.54, 1.807) is 22.3 Å². The molecule has 0 saturated carbocycles. The molecule has 0 heterocycles. The van der Waals surface area contributed by atoms with Gasteiger partial charge < -0.3 is 0 Å². The summed E-state index contributed by atoms with van der Waals surface area (Å²) < 4.78 is 1.51. The molecular weight excluding hydrogens is 446 g/mol. The Bertz CT molecular complexity index is 440. The van der Waals surface area contributed by atoms with Crippen molar-refractivity contribution in [2.75, 3.05) is 0 Å². The quantitative estimate of drug-likeness (QED) is 0.327. The van der Waals surface area contributed by atoms with Gasteiger partial charge in [-0.2, -0.15) is 0 Å². The maximum atomic E-state index is 2.62. The Morgan fingerprint density at radius 1 is 1.06 bits per heavy atom. The van der Waals surface area contributed by atoms with Crippen molar-refractivity contribution in [3.63, 3.8) is 0 Å². The lowest BCUT2D eigenvalue weighted by Crippen LogP contribution is -2.20. The van der Waals surface area contributed by atoms with Crippen molar-refractivity contribution in [2.24, 2.45) is 5.92 Å². The van der Waals surface area contributed by atoms with Crippen molar-refractivity contribution >= 4 is 45.2 Å². The molecule has 0 aromatic heterocycles. The van der Waals surface area contributed by atoms with Crippen LogP contribution in [0, 0.1) is 5.92 Å². The fourth-order valence-corrected chi connectivity index (χ4v) is 6.12. The number of allylic oxidation sites excluding steroid dienone is 6. The van der Waals surface area contributed by atoms with Crippen LogP contribution in [0.1, 0.15) is 47.0 Å². The smallest absolute Gasteiger partial charge is 0.0332 e. The van der Waals surface area contributed by atoms with Crippen LogP contribution in [0.25, 0.3) is 0 Å². The van der Waals surface area contributed by atoms with Gasteiger partial charge in [0.05, 0.1) is 0 Å². The lowest BCUT2D eigenvalue weighted by molar-refractivity contribution is 0.562. The number of hydrogen-bond donors (Lipinski definition) is 0. The molecule has 2 rings (SSSR count). The van der Waals surface area contributed by atoms with Crippen LogP contribution >= 0.6 is 45.2 Å². The summed E-state index contributed by atoms with van der Waals surface area (Å²) >= 11 is 5.17. The molecule has 0 amide bonds. The number of rotatable bonds is 1. The molecular formula is C16H22I2. The second kappa shape index (κ2) is 5.98. The fourth-order valence-electron chi connectivity index (χ4n) is 3.49. The first-order valence-electron chi connectivity index (χ1n) is 6.76. The fraction of sp³-hybridized carbons (Fsp3) is 0.625. The number of hydrogen-bond acceptors (Lipinski definition) is 0. The molecule has 0 aliphatic heterocycles. The first-order chi connectivity index (χ1) is 8.40. The molecule has 0 spiro atoms. The van der Waals surface area contributed by atoms with Gasteiger partial charge in [-0.05, 0) is 62.7 Å². The van der Waals surface area contributed by atoms with E-state index in [-0.39, 0.29) is 0 Å². The summed E-state index contributed by atoms with van der Waals surface area (Å²) in [7, 11) is 0. The highest BCUT2D eigenvalue weighted by atomic mass is 127. The Labute approximate surface area is 139 Å². The van der Waals surface area contributed by atoms with E-state index in [1.807, 2.05) is 0 Å². The van der Waals surface area contributed by atoms with Gasteiger partial charge in [0.25, 0.3) is 0 Å². The molecule has 0 radical (unpaired) electrons. The normalized spacial score (nSPS) is 33.9. The monoisotopic (exact) mass is 468 g/mol. The Balaban J connectivity index is 2.45. The van der Waals surface area contributed by atoms with Crippen LogP contribution in [0.5, 0.6) is 0 Å². The van der Waals surface area contributed by atoms with E-state index >= 15 is 0 Å². The largest absolute Gasteiger partial charge is 0.0823 e. The minimum absolute atomic E-state index is 0.684. The third kappa shape index (κ3) is 3.05. The maximum absolute atomic E-state index is 2.62. The van der Waals surface area contributed by atoms with Crippen molar-refractivity contribution in [3.05, 3.63) is 33.9 Å². The third-order valence-electron chi connectivity index (χ3n) is 4.11. The van der Waals surface area contributed by atoms with Gasteiger partial charge in [0.15, 0.2) is 0 Å². The van der Waals surface area contributed by atoms with Crippen LogP contribution in [0.15, 0.2) is 33.9 Å². The van der Waals surface area contributed by atoms with E-state index in [4.69, 9.17) is 0 Å². The summed E-state index contributed by atoms with van der Waals surface area (Å²) in [6.45, 7) is 9.39. The first-order valence-corrected chi connectivity index (χ1v) is 9.26. The summed E-state index contributed by atoms with van der Waals surface area (Å²) in [5.74, 6) is 0.722. The van der Waals surface area contributed by atoms with E-state index in [9.17, 15) is 0 Å². The zero-order chi connectivity index (χ0) is 13.4. The highest BCUT2D eigenvalue weighted by Crippen LogP contribution is 2.43. The zero-order valence-electron chi connectivity index (χ0n) is 11.7. The SMILES string of the molecule is CC1=CC(I)CC(C)=C1C1=C(C)CC(I)CC1C. The summed E-state index contributed by atoms with van der Waals surface area (Å²) in [5, 5.41) is 0. The molecule has 100 valence electrons. The molecule has 0 N–H and O–H groups in total. The molecule has 0 aromatic rings. The van der Waals surface area contributed by atoms with Gasteiger partial charge in [0, 0.05) is 7.85 Å². The van der Waals surface area contributed by atoms with Crippen LogP contribution in [-0.2, 0) is 0 Å². The molecule has 2 aliphatic rings. The standard InChI is InChI=1S/C16H22I2/c1-9-5-13(17)6-10(2)15(9)16-11(3)7-14(18)8-12(16)4/h5,11,13-14H,6-8H2,1-4H3. The second-order valence-electron chi connectivity index (χ2n) is 5.86. The van der Waals surface area contributed by atoms with E-state index in [2.05, 4.69) is 79.0 Å². The van der Waals surface area contributed by atoms with Crippen LogP contribution in [-0.4, -0.2) is 7.85 Å². The van der Waals surface area contributed by atoms with E-state index in [1.165, 1.54) is 24.8 Å². The first kappa shape index (κ1) is 15.1. The Kier molecular flexibility index (Phi) is 5.01. The van der Waals surface area contributed by atoms with Crippen molar-refractivity contribution in [1.29, 1.82) is 0 Å².